The normalized spacial score (nSPS) is 12.3. The lowest BCUT2D eigenvalue weighted by Crippen LogP contribution is -2.28. The fourth-order valence-electron chi connectivity index (χ4n) is 2.01. The minimum absolute atomic E-state index is 0.103. The van der Waals surface area contributed by atoms with Crippen molar-refractivity contribution in [2.45, 2.75) is 19.9 Å². The van der Waals surface area contributed by atoms with Crippen molar-refractivity contribution in [2.75, 3.05) is 31.7 Å². The van der Waals surface area contributed by atoms with E-state index in [-0.39, 0.29) is 12.6 Å². The van der Waals surface area contributed by atoms with Gasteiger partial charge < -0.3 is 20.5 Å². The van der Waals surface area contributed by atoms with Gasteiger partial charge in [0.1, 0.15) is 5.75 Å². The second kappa shape index (κ2) is 6.47. The molecule has 0 aliphatic rings. The van der Waals surface area contributed by atoms with Crippen molar-refractivity contribution >= 4 is 5.69 Å². The number of anilines is 1. The minimum atomic E-state index is -0.103. The predicted octanol–water partition coefficient (Wildman–Crippen LogP) is 1.53. The number of hydrogen-bond acceptors (Lipinski definition) is 4. The molecular weight excluding hydrogens is 216 g/mol. The molecule has 0 aromatic heterocycles. The molecule has 0 spiro atoms. The summed E-state index contributed by atoms with van der Waals surface area (Å²) in [5.74, 6) is 0.800. The van der Waals surface area contributed by atoms with Crippen LogP contribution in [0.25, 0.3) is 0 Å². The number of nitrogens with zero attached hydrogens (tertiary/aromatic N) is 1. The van der Waals surface area contributed by atoms with Crippen molar-refractivity contribution in [2.24, 2.45) is 5.73 Å². The first-order chi connectivity index (χ1) is 8.15. The number of methoxy groups -OCH3 is 1. The average Bonchev–Trinajstić information content (AvgIpc) is 2.34. The molecule has 0 fully saturated rings. The zero-order valence-electron chi connectivity index (χ0n) is 10.8. The maximum absolute atomic E-state index is 9.08. The van der Waals surface area contributed by atoms with Crippen LogP contribution in [0.5, 0.6) is 5.75 Å². The molecule has 17 heavy (non-hydrogen) atoms. The van der Waals surface area contributed by atoms with Crippen LogP contribution in [-0.4, -0.2) is 31.9 Å². The van der Waals surface area contributed by atoms with Crippen LogP contribution in [0.15, 0.2) is 18.2 Å². The zero-order chi connectivity index (χ0) is 12.8. The van der Waals surface area contributed by atoms with Crippen molar-refractivity contribution in [1.82, 2.24) is 0 Å². The van der Waals surface area contributed by atoms with Crippen LogP contribution < -0.4 is 15.4 Å². The van der Waals surface area contributed by atoms with E-state index in [1.807, 2.05) is 25.1 Å². The number of aliphatic hydroxyl groups excluding tert-OH is 1. The van der Waals surface area contributed by atoms with Gasteiger partial charge in [-0.3, -0.25) is 0 Å². The van der Waals surface area contributed by atoms with E-state index in [1.54, 1.807) is 7.11 Å². The Balaban J connectivity index is 3.20. The number of likely N-dealkylation sites (N-methyl/N-ethyl adjacent to an activating group) is 1. The Morgan fingerprint density at radius 1 is 1.47 bits per heavy atom. The number of nitrogens with two attached hydrogens (primary N) is 1. The largest absolute Gasteiger partial charge is 0.496 e. The quantitative estimate of drug-likeness (QED) is 0.789. The third kappa shape index (κ3) is 3.11. The second-order valence-corrected chi connectivity index (χ2v) is 3.99. The summed E-state index contributed by atoms with van der Waals surface area (Å²) in [5, 5.41) is 9.08. The van der Waals surface area contributed by atoms with Gasteiger partial charge >= 0.3 is 0 Å². The van der Waals surface area contributed by atoms with Gasteiger partial charge in [0, 0.05) is 30.4 Å². The molecule has 1 rings (SSSR count). The Morgan fingerprint density at radius 3 is 2.65 bits per heavy atom. The summed E-state index contributed by atoms with van der Waals surface area (Å²) in [4.78, 5) is 2.10. The molecule has 4 heteroatoms. The number of benzene rings is 1. The van der Waals surface area contributed by atoms with E-state index < -0.39 is 0 Å². The lowest BCUT2D eigenvalue weighted by atomic mass is 10.0. The summed E-state index contributed by atoms with van der Waals surface area (Å²) in [6.45, 7) is 5.55. The molecule has 0 heterocycles. The van der Waals surface area contributed by atoms with Gasteiger partial charge in [-0.1, -0.05) is 6.07 Å². The SMILES string of the molecule is CCN(CCO)c1cccc(OC)c1[C@H](C)N. The summed E-state index contributed by atoms with van der Waals surface area (Å²) in [7, 11) is 1.65. The van der Waals surface area contributed by atoms with Crippen LogP contribution in [0.4, 0.5) is 5.69 Å². The monoisotopic (exact) mass is 238 g/mol. The third-order valence-electron chi connectivity index (χ3n) is 2.81. The van der Waals surface area contributed by atoms with Crippen molar-refractivity contribution in [3.63, 3.8) is 0 Å². The molecule has 0 unspecified atom stereocenters. The van der Waals surface area contributed by atoms with Gasteiger partial charge in [-0.2, -0.15) is 0 Å². The molecule has 1 atom stereocenters. The van der Waals surface area contributed by atoms with Crippen LogP contribution in [0.2, 0.25) is 0 Å². The van der Waals surface area contributed by atoms with Gasteiger partial charge in [0.05, 0.1) is 13.7 Å². The van der Waals surface area contributed by atoms with E-state index in [0.717, 1.165) is 23.5 Å². The number of ether oxygens (including phenoxy) is 1. The van der Waals surface area contributed by atoms with E-state index in [0.29, 0.717) is 6.54 Å². The molecule has 0 aliphatic heterocycles. The van der Waals surface area contributed by atoms with Gasteiger partial charge in [0.2, 0.25) is 0 Å². The fraction of sp³-hybridized carbons (Fsp3) is 0.538. The lowest BCUT2D eigenvalue weighted by Gasteiger charge is -2.27. The highest BCUT2D eigenvalue weighted by Crippen LogP contribution is 2.33. The van der Waals surface area contributed by atoms with E-state index >= 15 is 0 Å². The van der Waals surface area contributed by atoms with Gasteiger partial charge in [-0.05, 0) is 26.0 Å². The average molecular weight is 238 g/mol. The van der Waals surface area contributed by atoms with Crippen molar-refractivity contribution < 1.29 is 9.84 Å². The van der Waals surface area contributed by atoms with Crippen molar-refractivity contribution in [1.29, 1.82) is 0 Å². The Morgan fingerprint density at radius 2 is 2.18 bits per heavy atom. The maximum atomic E-state index is 9.08. The smallest absolute Gasteiger partial charge is 0.125 e. The standard InChI is InChI=1S/C13H22N2O2/c1-4-15(8-9-16)11-6-5-7-12(17-3)13(11)10(2)14/h5-7,10,16H,4,8-9,14H2,1-3H3/t10-/m0/s1. The van der Waals surface area contributed by atoms with Gasteiger partial charge in [-0.25, -0.2) is 0 Å². The first-order valence-electron chi connectivity index (χ1n) is 5.94. The van der Waals surface area contributed by atoms with Crippen LogP contribution >= 0.6 is 0 Å². The van der Waals surface area contributed by atoms with Crippen LogP contribution in [-0.2, 0) is 0 Å². The molecule has 1 aromatic rings. The number of hydrogen-bond donors (Lipinski definition) is 2. The highest BCUT2D eigenvalue weighted by molar-refractivity contribution is 5.60. The lowest BCUT2D eigenvalue weighted by molar-refractivity contribution is 0.302. The number of aliphatic hydroxyl groups is 1. The summed E-state index contributed by atoms with van der Waals surface area (Å²) in [6, 6.07) is 5.77. The summed E-state index contributed by atoms with van der Waals surface area (Å²) in [6.07, 6.45) is 0. The summed E-state index contributed by atoms with van der Waals surface area (Å²) in [5.41, 5.74) is 8.04. The molecule has 4 nitrogen and oxygen atoms in total. The van der Waals surface area contributed by atoms with Gasteiger partial charge in [-0.15, -0.1) is 0 Å². The Kier molecular flexibility index (Phi) is 5.25. The Labute approximate surface area is 103 Å². The van der Waals surface area contributed by atoms with E-state index in [9.17, 15) is 0 Å². The van der Waals surface area contributed by atoms with Crippen molar-refractivity contribution in [3.05, 3.63) is 23.8 Å². The number of rotatable bonds is 6. The second-order valence-electron chi connectivity index (χ2n) is 3.99. The summed E-state index contributed by atoms with van der Waals surface area (Å²) < 4.78 is 5.35. The summed E-state index contributed by atoms with van der Waals surface area (Å²) >= 11 is 0. The van der Waals surface area contributed by atoms with Crippen LogP contribution in [0.3, 0.4) is 0 Å². The van der Waals surface area contributed by atoms with Crippen LogP contribution in [0, 0.1) is 0 Å². The Bertz CT molecular complexity index is 353. The minimum Gasteiger partial charge on any atom is -0.496 e. The molecule has 0 radical (unpaired) electrons. The molecule has 96 valence electrons. The topological polar surface area (TPSA) is 58.7 Å². The first kappa shape index (κ1) is 13.8. The molecule has 0 saturated carbocycles. The van der Waals surface area contributed by atoms with E-state index in [2.05, 4.69) is 11.8 Å². The molecule has 0 bridgehead atoms. The third-order valence-corrected chi connectivity index (χ3v) is 2.81. The molecule has 0 amide bonds. The fourth-order valence-corrected chi connectivity index (χ4v) is 2.01. The van der Waals surface area contributed by atoms with E-state index in [1.165, 1.54) is 0 Å². The van der Waals surface area contributed by atoms with Crippen molar-refractivity contribution in [3.8, 4) is 5.75 Å². The highest BCUT2D eigenvalue weighted by atomic mass is 16.5. The van der Waals surface area contributed by atoms with Crippen LogP contribution in [0.1, 0.15) is 25.5 Å². The van der Waals surface area contributed by atoms with Gasteiger partial charge in [0.15, 0.2) is 0 Å². The van der Waals surface area contributed by atoms with E-state index in [4.69, 9.17) is 15.6 Å². The molecule has 0 aliphatic carbocycles. The highest BCUT2D eigenvalue weighted by Gasteiger charge is 2.16. The predicted molar refractivity (Wildman–Crippen MR) is 70.6 cm³/mol. The zero-order valence-corrected chi connectivity index (χ0v) is 10.8. The Hall–Kier alpha value is -1.26. The molecule has 0 saturated heterocycles. The first-order valence-corrected chi connectivity index (χ1v) is 5.94. The van der Waals surface area contributed by atoms with Gasteiger partial charge in [0.25, 0.3) is 0 Å². The molecule has 1 aromatic carbocycles. The molecular formula is C13H22N2O2. The molecule has 3 N–H and O–H groups in total. The maximum Gasteiger partial charge on any atom is 0.125 e.